The van der Waals surface area contributed by atoms with Gasteiger partial charge in [-0.2, -0.15) is 0 Å². The van der Waals surface area contributed by atoms with Crippen LogP contribution >= 0.6 is 28.1 Å². The summed E-state index contributed by atoms with van der Waals surface area (Å²) in [6, 6.07) is 3.24. The molecule has 2 unspecified atom stereocenters. The highest BCUT2D eigenvalue weighted by Crippen LogP contribution is 2.32. The van der Waals surface area contributed by atoms with E-state index < -0.39 is 5.82 Å². The quantitative estimate of drug-likeness (QED) is 0.832. The molecule has 2 rings (SSSR count). The van der Waals surface area contributed by atoms with Gasteiger partial charge in [-0.3, -0.25) is 0 Å². The molecule has 0 radical (unpaired) electrons. The van der Waals surface area contributed by atoms with Gasteiger partial charge in [0.15, 0.2) is 11.6 Å². The standard InChI is InChI=1S/C14H17BrFNO2S/c1-18-8-3-2-4-9(7-8)19-11-6-5-10(14(17)20)12(15)13(11)16/h5-6,8-9H,2-4,7H2,1H3,(H2,17,20). The van der Waals surface area contributed by atoms with Crippen LogP contribution in [0, 0.1) is 5.82 Å². The summed E-state index contributed by atoms with van der Waals surface area (Å²) in [6.07, 6.45) is 3.92. The number of hydrogen-bond acceptors (Lipinski definition) is 3. The molecule has 2 N–H and O–H groups in total. The Morgan fingerprint density at radius 3 is 2.75 bits per heavy atom. The van der Waals surface area contributed by atoms with Crippen LogP contribution in [0.5, 0.6) is 5.75 Å². The van der Waals surface area contributed by atoms with E-state index in [1.807, 2.05) is 0 Å². The number of ether oxygens (including phenoxy) is 2. The maximum absolute atomic E-state index is 14.2. The molecule has 0 spiro atoms. The third-order valence-electron chi connectivity index (χ3n) is 3.52. The third kappa shape index (κ3) is 3.48. The molecule has 3 nitrogen and oxygen atoms in total. The summed E-state index contributed by atoms with van der Waals surface area (Å²) in [4.78, 5) is 0.152. The van der Waals surface area contributed by atoms with Crippen molar-refractivity contribution >= 4 is 33.1 Å². The van der Waals surface area contributed by atoms with Gasteiger partial charge in [0.25, 0.3) is 0 Å². The Bertz CT molecular complexity index is 512. The van der Waals surface area contributed by atoms with Crippen LogP contribution in [0.4, 0.5) is 4.39 Å². The maximum Gasteiger partial charge on any atom is 0.179 e. The number of methoxy groups -OCH3 is 1. The minimum absolute atomic E-state index is 0.0224. The molecule has 6 heteroatoms. The molecule has 1 aliphatic rings. The van der Waals surface area contributed by atoms with Crippen molar-refractivity contribution in [3.8, 4) is 5.75 Å². The average Bonchev–Trinajstić information content (AvgIpc) is 2.44. The Labute approximate surface area is 131 Å². The molecule has 2 atom stereocenters. The average molecular weight is 362 g/mol. The number of halogens is 2. The van der Waals surface area contributed by atoms with Crippen LogP contribution < -0.4 is 10.5 Å². The summed E-state index contributed by atoms with van der Waals surface area (Å²) >= 11 is 8.04. The van der Waals surface area contributed by atoms with E-state index in [-0.39, 0.29) is 27.4 Å². The molecule has 0 heterocycles. The molecule has 0 bridgehead atoms. The topological polar surface area (TPSA) is 44.5 Å². The van der Waals surface area contributed by atoms with Gasteiger partial charge in [-0.15, -0.1) is 0 Å². The second-order valence-corrected chi connectivity index (χ2v) is 6.10. The largest absolute Gasteiger partial charge is 0.487 e. The predicted molar refractivity (Wildman–Crippen MR) is 83.7 cm³/mol. The maximum atomic E-state index is 14.2. The molecule has 1 aliphatic carbocycles. The van der Waals surface area contributed by atoms with Crippen LogP contribution in [0.25, 0.3) is 0 Å². The fourth-order valence-corrected chi connectivity index (χ4v) is 3.26. The SMILES string of the molecule is COC1CCCC(Oc2ccc(C(N)=S)c(Br)c2F)C1. The van der Waals surface area contributed by atoms with E-state index >= 15 is 0 Å². The smallest absolute Gasteiger partial charge is 0.179 e. The molecule has 0 saturated heterocycles. The van der Waals surface area contributed by atoms with Crippen LogP contribution in [0.3, 0.4) is 0 Å². The number of nitrogens with two attached hydrogens (primary N) is 1. The zero-order chi connectivity index (χ0) is 14.7. The third-order valence-corrected chi connectivity index (χ3v) is 4.51. The zero-order valence-electron chi connectivity index (χ0n) is 11.2. The number of hydrogen-bond donors (Lipinski definition) is 1. The fraction of sp³-hybridized carbons (Fsp3) is 0.500. The van der Waals surface area contributed by atoms with Crippen LogP contribution in [0.15, 0.2) is 16.6 Å². The van der Waals surface area contributed by atoms with E-state index in [4.69, 9.17) is 27.4 Å². The Morgan fingerprint density at radius 1 is 1.40 bits per heavy atom. The van der Waals surface area contributed by atoms with Gasteiger partial charge < -0.3 is 15.2 Å². The summed E-state index contributed by atoms with van der Waals surface area (Å²) in [6.45, 7) is 0. The summed E-state index contributed by atoms with van der Waals surface area (Å²) in [5.74, 6) is -0.242. The van der Waals surface area contributed by atoms with Gasteiger partial charge in [-0.25, -0.2) is 4.39 Å². The van der Waals surface area contributed by atoms with Crippen molar-refractivity contribution in [2.45, 2.75) is 37.9 Å². The van der Waals surface area contributed by atoms with Crippen molar-refractivity contribution in [3.63, 3.8) is 0 Å². The second-order valence-electron chi connectivity index (χ2n) is 4.87. The molecule has 0 amide bonds. The summed E-state index contributed by atoms with van der Waals surface area (Å²) in [5, 5.41) is 0. The molecule has 20 heavy (non-hydrogen) atoms. The highest BCUT2D eigenvalue weighted by molar-refractivity contribution is 9.10. The zero-order valence-corrected chi connectivity index (χ0v) is 13.6. The van der Waals surface area contributed by atoms with E-state index in [2.05, 4.69) is 15.9 Å². The van der Waals surface area contributed by atoms with Crippen LogP contribution in [0.1, 0.15) is 31.2 Å². The first kappa shape index (κ1) is 15.7. The highest BCUT2D eigenvalue weighted by Gasteiger charge is 2.24. The van der Waals surface area contributed by atoms with E-state index in [9.17, 15) is 4.39 Å². The van der Waals surface area contributed by atoms with Gasteiger partial charge in [0, 0.05) is 19.1 Å². The van der Waals surface area contributed by atoms with Gasteiger partial charge in [0.1, 0.15) is 11.1 Å². The molecule has 110 valence electrons. The molecule has 0 aromatic heterocycles. The van der Waals surface area contributed by atoms with Gasteiger partial charge in [0.2, 0.25) is 0 Å². The number of thiocarbonyl (C=S) groups is 1. The highest BCUT2D eigenvalue weighted by atomic mass is 79.9. The Balaban J connectivity index is 2.14. The number of benzene rings is 1. The summed E-state index contributed by atoms with van der Waals surface area (Å²) in [5.41, 5.74) is 6.01. The van der Waals surface area contributed by atoms with Gasteiger partial charge in [-0.1, -0.05) is 12.2 Å². The molecule has 1 aromatic rings. The number of rotatable bonds is 4. The molecule has 1 fully saturated rings. The monoisotopic (exact) mass is 361 g/mol. The summed E-state index contributed by atoms with van der Waals surface area (Å²) < 4.78 is 25.6. The van der Waals surface area contributed by atoms with Crippen molar-refractivity contribution in [1.29, 1.82) is 0 Å². The lowest BCUT2D eigenvalue weighted by atomic mass is 9.95. The van der Waals surface area contributed by atoms with E-state index in [0.29, 0.717) is 5.56 Å². The Kier molecular flexibility index (Phi) is 5.35. The molecule has 1 saturated carbocycles. The Hall–Kier alpha value is -0.720. The molecular weight excluding hydrogens is 345 g/mol. The van der Waals surface area contributed by atoms with E-state index in [1.54, 1.807) is 19.2 Å². The van der Waals surface area contributed by atoms with Gasteiger partial charge in [0.05, 0.1) is 10.6 Å². The minimum atomic E-state index is -0.463. The lowest BCUT2D eigenvalue weighted by molar-refractivity contribution is 0.0197. The molecule has 1 aromatic carbocycles. The first-order valence-electron chi connectivity index (χ1n) is 6.50. The minimum Gasteiger partial charge on any atom is -0.487 e. The van der Waals surface area contributed by atoms with E-state index in [1.165, 1.54) is 0 Å². The van der Waals surface area contributed by atoms with Crippen molar-refractivity contribution in [3.05, 3.63) is 28.0 Å². The van der Waals surface area contributed by atoms with Crippen molar-refractivity contribution in [1.82, 2.24) is 0 Å². The Morgan fingerprint density at radius 2 is 2.10 bits per heavy atom. The van der Waals surface area contributed by atoms with Crippen molar-refractivity contribution < 1.29 is 13.9 Å². The normalized spacial score (nSPS) is 22.6. The molecular formula is C14H17BrFNO2S. The first-order valence-corrected chi connectivity index (χ1v) is 7.70. The summed E-state index contributed by atoms with van der Waals surface area (Å²) in [7, 11) is 1.70. The van der Waals surface area contributed by atoms with Crippen LogP contribution in [-0.2, 0) is 4.74 Å². The fourth-order valence-electron chi connectivity index (χ4n) is 2.42. The predicted octanol–water partition coefficient (Wildman–Crippen LogP) is 3.56. The van der Waals surface area contributed by atoms with Crippen molar-refractivity contribution in [2.75, 3.05) is 7.11 Å². The second kappa shape index (κ2) is 6.83. The van der Waals surface area contributed by atoms with Crippen LogP contribution in [-0.4, -0.2) is 24.3 Å². The van der Waals surface area contributed by atoms with E-state index in [0.717, 1.165) is 25.7 Å². The lowest BCUT2D eigenvalue weighted by Crippen LogP contribution is -2.29. The van der Waals surface area contributed by atoms with Gasteiger partial charge in [-0.05, 0) is 47.3 Å². The lowest BCUT2D eigenvalue weighted by Gasteiger charge is -2.29. The molecule has 0 aliphatic heterocycles. The van der Waals surface area contributed by atoms with Gasteiger partial charge >= 0.3 is 0 Å². The van der Waals surface area contributed by atoms with Crippen LogP contribution in [0.2, 0.25) is 0 Å². The van der Waals surface area contributed by atoms with Crippen molar-refractivity contribution in [2.24, 2.45) is 5.73 Å². The first-order chi connectivity index (χ1) is 9.52.